The maximum atomic E-state index is 12.9. The standard InChI is InChI=1S/C26H32N2O3/c1-16-13-20-21(14-17(16)2)26-23(25(30)24(20)29)18(3)22(31-26)15-27-11-7-19(8-12-27)28-9-5-4-6-10-28/h13-14,19H,4-12,15H2,1-3H3. The van der Waals surface area contributed by atoms with Crippen molar-refractivity contribution < 1.29 is 14.0 Å². The fraction of sp³-hybridized carbons (Fsp3) is 0.538. The quantitative estimate of drug-likeness (QED) is 0.674. The topological polar surface area (TPSA) is 53.8 Å². The van der Waals surface area contributed by atoms with Crippen LogP contribution in [0.15, 0.2) is 16.5 Å². The molecule has 0 bridgehead atoms. The molecule has 2 fully saturated rings. The van der Waals surface area contributed by atoms with Crippen LogP contribution in [0.2, 0.25) is 0 Å². The highest BCUT2D eigenvalue weighted by molar-refractivity contribution is 6.53. The van der Waals surface area contributed by atoms with Gasteiger partial charge in [-0.1, -0.05) is 6.42 Å². The van der Waals surface area contributed by atoms with Gasteiger partial charge in [0.2, 0.25) is 11.6 Å². The first-order chi connectivity index (χ1) is 14.9. The second-order valence-electron chi connectivity index (χ2n) is 9.60. The highest BCUT2D eigenvalue weighted by Crippen LogP contribution is 2.40. The van der Waals surface area contributed by atoms with Gasteiger partial charge in [-0.25, -0.2) is 0 Å². The third-order valence-electron chi connectivity index (χ3n) is 7.63. The van der Waals surface area contributed by atoms with Gasteiger partial charge in [-0.2, -0.15) is 0 Å². The molecule has 0 atom stereocenters. The Balaban J connectivity index is 1.37. The van der Waals surface area contributed by atoms with Gasteiger partial charge >= 0.3 is 0 Å². The average molecular weight is 421 g/mol. The van der Waals surface area contributed by atoms with Crippen molar-refractivity contribution in [3.8, 4) is 11.3 Å². The van der Waals surface area contributed by atoms with Gasteiger partial charge in [0.1, 0.15) is 11.5 Å². The number of carbonyl (C=O) groups excluding carboxylic acids is 2. The molecule has 2 saturated heterocycles. The van der Waals surface area contributed by atoms with Crippen LogP contribution in [0.5, 0.6) is 0 Å². The van der Waals surface area contributed by atoms with E-state index in [1.165, 1.54) is 45.2 Å². The number of carbonyl (C=O) groups is 2. The van der Waals surface area contributed by atoms with Crippen LogP contribution in [0.1, 0.15) is 75.3 Å². The van der Waals surface area contributed by atoms with E-state index in [4.69, 9.17) is 4.42 Å². The molecule has 5 nitrogen and oxygen atoms in total. The summed E-state index contributed by atoms with van der Waals surface area (Å²) in [5, 5.41) is 0. The summed E-state index contributed by atoms with van der Waals surface area (Å²) in [6.45, 7) is 11.2. The van der Waals surface area contributed by atoms with Crippen LogP contribution in [0.3, 0.4) is 0 Å². The van der Waals surface area contributed by atoms with Crippen molar-refractivity contribution in [2.45, 2.75) is 65.5 Å². The van der Waals surface area contributed by atoms with Crippen LogP contribution in [0.4, 0.5) is 0 Å². The lowest BCUT2D eigenvalue weighted by Gasteiger charge is -2.40. The molecule has 2 aromatic rings. The van der Waals surface area contributed by atoms with Gasteiger partial charge in [-0.3, -0.25) is 14.5 Å². The van der Waals surface area contributed by atoms with E-state index in [-0.39, 0.29) is 0 Å². The Morgan fingerprint density at radius 3 is 2.19 bits per heavy atom. The Bertz CT molecular complexity index is 1040. The third kappa shape index (κ3) is 3.58. The number of hydrogen-bond donors (Lipinski definition) is 0. The number of hydrogen-bond acceptors (Lipinski definition) is 5. The van der Waals surface area contributed by atoms with Crippen molar-refractivity contribution in [2.75, 3.05) is 26.2 Å². The number of aryl methyl sites for hydroxylation is 2. The van der Waals surface area contributed by atoms with Gasteiger partial charge in [-0.05, 0) is 82.8 Å². The van der Waals surface area contributed by atoms with E-state index in [9.17, 15) is 9.59 Å². The first kappa shape index (κ1) is 20.7. The number of piperidine rings is 2. The molecular formula is C26H32N2O3. The Morgan fingerprint density at radius 1 is 0.871 bits per heavy atom. The van der Waals surface area contributed by atoms with E-state index in [1.54, 1.807) is 0 Å². The van der Waals surface area contributed by atoms with Gasteiger partial charge < -0.3 is 9.32 Å². The second-order valence-corrected chi connectivity index (χ2v) is 9.60. The molecular weight excluding hydrogens is 388 g/mol. The average Bonchev–Trinajstić information content (AvgIpc) is 3.11. The first-order valence-electron chi connectivity index (χ1n) is 11.7. The lowest BCUT2D eigenvalue weighted by atomic mass is 9.85. The molecule has 0 spiro atoms. The lowest BCUT2D eigenvalue weighted by molar-refractivity contribution is 0.0814. The zero-order valence-corrected chi connectivity index (χ0v) is 18.9. The number of fused-ring (bicyclic) bond motifs is 3. The largest absolute Gasteiger partial charge is 0.459 e. The zero-order chi connectivity index (χ0) is 21.7. The fourth-order valence-corrected chi connectivity index (χ4v) is 5.53. The van der Waals surface area contributed by atoms with Gasteiger partial charge in [0.25, 0.3) is 0 Å². The summed E-state index contributed by atoms with van der Waals surface area (Å²) in [5.41, 5.74) is 4.66. The second kappa shape index (κ2) is 8.03. The Hall–Kier alpha value is -2.24. The minimum atomic E-state index is -0.429. The summed E-state index contributed by atoms with van der Waals surface area (Å²) in [5.74, 6) is 0.567. The molecule has 2 aliphatic heterocycles. The van der Waals surface area contributed by atoms with E-state index >= 15 is 0 Å². The van der Waals surface area contributed by atoms with Crippen LogP contribution in [0.25, 0.3) is 11.3 Å². The van der Waals surface area contributed by atoms with E-state index in [0.29, 0.717) is 29.5 Å². The van der Waals surface area contributed by atoms with Crippen molar-refractivity contribution in [3.63, 3.8) is 0 Å². The first-order valence-corrected chi connectivity index (χ1v) is 11.7. The number of furan rings is 1. The molecule has 0 amide bonds. The van der Waals surface area contributed by atoms with Crippen LogP contribution < -0.4 is 0 Å². The smallest absolute Gasteiger partial charge is 0.237 e. The monoisotopic (exact) mass is 420 g/mol. The van der Waals surface area contributed by atoms with Crippen LogP contribution in [0, 0.1) is 20.8 Å². The zero-order valence-electron chi connectivity index (χ0n) is 18.9. The normalized spacial score (nSPS) is 20.7. The molecule has 1 aromatic heterocycles. The van der Waals surface area contributed by atoms with E-state index in [0.717, 1.165) is 41.1 Å². The molecule has 1 aromatic carbocycles. The number of benzene rings is 1. The summed E-state index contributed by atoms with van der Waals surface area (Å²) in [6.07, 6.45) is 6.44. The molecule has 3 aliphatic rings. The van der Waals surface area contributed by atoms with E-state index in [2.05, 4.69) is 9.80 Å². The predicted molar refractivity (Wildman–Crippen MR) is 121 cm³/mol. The van der Waals surface area contributed by atoms with Crippen molar-refractivity contribution in [1.82, 2.24) is 9.80 Å². The Labute approximate surface area is 184 Å². The van der Waals surface area contributed by atoms with Crippen LogP contribution >= 0.6 is 0 Å². The SMILES string of the molecule is Cc1cc2c(cc1C)-c1oc(CN3CCC(N4CCCCC4)CC3)c(C)c1C(=O)C2=O. The minimum Gasteiger partial charge on any atom is -0.459 e. The Morgan fingerprint density at radius 2 is 1.52 bits per heavy atom. The molecule has 3 heterocycles. The summed E-state index contributed by atoms with van der Waals surface area (Å²) in [7, 11) is 0. The maximum Gasteiger partial charge on any atom is 0.237 e. The fourth-order valence-electron chi connectivity index (χ4n) is 5.53. The number of ketones is 2. The number of Topliss-reactive ketones (excluding diaryl/α,β-unsaturated/α-hetero) is 2. The highest BCUT2D eigenvalue weighted by Gasteiger charge is 2.37. The van der Waals surface area contributed by atoms with Gasteiger partial charge in [0.15, 0.2) is 0 Å². The van der Waals surface area contributed by atoms with Gasteiger partial charge in [0.05, 0.1) is 12.1 Å². The maximum absolute atomic E-state index is 12.9. The van der Waals surface area contributed by atoms with Crippen molar-refractivity contribution in [1.29, 1.82) is 0 Å². The summed E-state index contributed by atoms with van der Waals surface area (Å²) >= 11 is 0. The van der Waals surface area contributed by atoms with E-state index in [1.807, 2.05) is 32.9 Å². The molecule has 0 saturated carbocycles. The molecule has 31 heavy (non-hydrogen) atoms. The molecule has 1 aliphatic carbocycles. The molecule has 164 valence electrons. The number of likely N-dealkylation sites (tertiary alicyclic amines) is 2. The van der Waals surface area contributed by atoms with E-state index < -0.39 is 11.6 Å². The van der Waals surface area contributed by atoms with Crippen LogP contribution in [-0.2, 0) is 6.54 Å². The van der Waals surface area contributed by atoms with Crippen LogP contribution in [-0.4, -0.2) is 53.6 Å². The van der Waals surface area contributed by atoms with Gasteiger partial charge in [0, 0.05) is 35.8 Å². The Kier molecular flexibility index (Phi) is 5.35. The molecule has 0 N–H and O–H groups in total. The third-order valence-corrected chi connectivity index (χ3v) is 7.63. The highest BCUT2D eigenvalue weighted by atomic mass is 16.3. The number of nitrogens with zero attached hydrogens (tertiary/aromatic N) is 2. The summed E-state index contributed by atoms with van der Waals surface area (Å²) in [4.78, 5) is 30.8. The molecule has 5 heteroatoms. The van der Waals surface area contributed by atoms with Gasteiger partial charge in [-0.15, -0.1) is 0 Å². The van der Waals surface area contributed by atoms with Crippen molar-refractivity contribution >= 4 is 11.6 Å². The lowest BCUT2D eigenvalue weighted by Crippen LogP contribution is -2.46. The van der Waals surface area contributed by atoms with Crippen molar-refractivity contribution in [2.24, 2.45) is 0 Å². The number of rotatable bonds is 3. The predicted octanol–water partition coefficient (Wildman–Crippen LogP) is 4.70. The molecule has 0 radical (unpaired) electrons. The molecule has 0 unspecified atom stereocenters. The summed E-state index contributed by atoms with van der Waals surface area (Å²) in [6, 6.07) is 4.53. The molecule has 5 rings (SSSR count). The van der Waals surface area contributed by atoms with Crippen molar-refractivity contribution in [3.05, 3.63) is 45.7 Å². The summed E-state index contributed by atoms with van der Waals surface area (Å²) < 4.78 is 6.30. The minimum absolute atomic E-state index is 0.414.